The van der Waals surface area contributed by atoms with Gasteiger partial charge >= 0.3 is 0 Å². The fourth-order valence-electron chi connectivity index (χ4n) is 2.72. The van der Waals surface area contributed by atoms with Crippen LogP contribution in [0.3, 0.4) is 0 Å². The van der Waals surface area contributed by atoms with E-state index in [-0.39, 0.29) is 0 Å². The van der Waals surface area contributed by atoms with Crippen molar-refractivity contribution in [3.8, 4) is 5.75 Å². The van der Waals surface area contributed by atoms with Gasteiger partial charge in [0.1, 0.15) is 5.75 Å². The topological polar surface area (TPSA) is 9.23 Å². The summed E-state index contributed by atoms with van der Waals surface area (Å²) in [6, 6.07) is 12.4. The highest BCUT2D eigenvalue weighted by atomic mass is 32.1. The van der Waals surface area contributed by atoms with E-state index in [1.54, 1.807) is 0 Å². The SMILES string of the molecule is Sc1ccc(OC2CCCCC2)c2ccccc12. The van der Waals surface area contributed by atoms with Gasteiger partial charge in [-0.05, 0) is 43.2 Å². The minimum atomic E-state index is 0.396. The molecule has 0 heterocycles. The molecular formula is C16H18OS. The molecule has 0 N–H and O–H groups in total. The molecule has 1 aliphatic rings. The van der Waals surface area contributed by atoms with Gasteiger partial charge in [0.25, 0.3) is 0 Å². The Balaban J connectivity index is 1.94. The Morgan fingerprint density at radius 1 is 0.889 bits per heavy atom. The molecule has 1 aliphatic carbocycles. The molecule has 1 nitrogen and oxygen atoms in total. The summed E-state index contributed by atoms with van der Waals surface area (Å²) < 4.78 is 6.19. The van der Waals surface area contributed by atoms with Crippen LogP contribution in [0.15, 0.2) is 41.3 Å². The number of fused-ring (bicyclic) bond motifs is 1. The highest BCUT2D eigenvalue weighted by Gasteiger charge is 2.16. The summed E-state index contributed by atoms with van der Waals surface area (Å²) in [6.07, 6.45) is 6.73. The van der Waals surface area contributed by atoms with E-state index < -0.39 is 0 Å². The van der Waals surface area contributed by atoms with Crippen molar-refractivity contribution in [2.24, 2.45) is 0 Å². The highest BCUT2D eigenvalue weighted by molar-refractivity contribution is 7.80. The fraction of sp³-hybridized carbons (Fsp3) is 0.375. The van der Waals surface area contributed by atoms with Crippen molar-refractivity contribution in [1.29, 1.82) is 0 Å². The lowest BCUT2D eigenvalue weighted by atomic mass is 9.97. The first-order chi connectivity index (χ1) is 8.84. The van der Waals surface area contributed by atoms with E-state index in [4.69, 9.17) is 4.74 Å². The van der Waals surface area contributed by atoms with Crippen LogP contribution < -0.4 is 4.74 Å². The quantitative estimate of drug-likeness (QED) is 0.758. The van der Waals surface area contributed by atoms with Crippen LogP contribution >= 0.6 is 12.6 Å². The third kappa shape index (κ3) is 2.35. The summed E-state index contributed by atoms with van der Waals surface area (Å²) in [5.41, 5.74) is 0. The minimum Gasteiger partial charge on any atom is -0.490 e. The Labute approximate surface area is 114 Å². The summed E-state index contributed by atoms with van der Waals surface area (Å²) in [5.74, 6) is 1.01. The lowest BCUT2D eigenvalue weighted by molar-refractivity contribution is 0.157. The van der Waals surface area contributed by atoms with Gasteiger partial charge in [0.2, 0.25) is 0 Å². The molecule has 1 saturated carbocycles. The van der Waals surface area contributed by atoms with Crippen LogP contribution in [0.1, 0.15) is 32.1 Å². The van der Waals surface area contributed by atoms with E-state index in [1.807, 2.05) is 12.1 Å². The van der Waals surface area contributed by atoms with Gasteiger partial charge in [-0.25, -0.2) is 0 Å². The van der Waals surface area contributed by atoms with Gasteiger partial charge in [-0.3, -0.25) is 0 Å². The van der Waals surface area contributed by atoms with Crippen LogP contribution in [0.25, 0.3) is 10.8 Å². The summed E-state index contributed by atoms with van der Waals surface area (Å²) in [4.78, 5) is 1.02. The zero-order valence-corrected chi connectivity index (χ0v) is 11.3. The van der Waals surface area contributed by atoms with E-state index in [0.29, 0.717) is 6.10 Å². The Hall–Kier alpha value is -1.15. The van der Waals surface area contributed by atoms with E-state index in [0.717, 1.165) is 10.6 Å². The summed E-state index contributed by atoms with van der Waals surface area (Å²) in [5, 5.41) is 2.35. The first kappa shape index (κ1) is 11.9. The molecule has 1 fully saturated rings. The maximum Gasteiger partial charge on any atom is 0.127 e. The molecule has 2 aromatic rings. The maximum absolute atomic E-state index is 6.19. The van der Waals surface area contributed by atoms with E-state index in [1.165, 1.54) is 42.9 Å². The second kappa shape index (κ2) is 5.23. The Morgan fingerprint density at radius 3 is 2.39 bits per heavy atom. The van der Waals surface area contributed by atoms with Crippen LogP contribution in [0, 0.1) is 0 Å². The minimum absolute atomic E-state index is 0.396. The van der Waals surface area contributed by atoms with Gasteiger partial charge in [0, 0.05) is 10.3 Å². The summed E-state index contributed by atoms with van der Waals surface area (Å²) in [7, 11) is 0. The standard InChI is InChI=1S/C16H18OS/c18-16-11-10-15(13-8-4-5-9-14(13)16)17-12-6-2-1-3-7-12/h4-5,8-12,18H,1-3,6-7H2. The van der Waals surface area contributed by atoms with Gasteiger partial charge in [0.15, 0.2) is 0 Å². The smallest absolute Gasteiger partial charge is 0.127 e. The Bertz CT molecular complexity index is 544. The van der Waals surface area contributed by atoms with Gasteiger partial charge in [-0.2, -0.15) is 0 Å². The molecule has 0 radical (unpaired) electrons. The number of ether oxygens (including phenoxy) is 1. The van der Waals surface area contributed by atoms with Crippen LogP contribution in [-0.2, 0) is 0 Å². The van der Waals surface area contributed by atoms with Crippen molar-refractivity contribution in [3.05, 3.63) is 36.4 Å². The lowest BCUT2D eigenvalue weighted by Gasteiger charge is -2.24. The number of benzene rings is 2. The van der Waals surface area contributed by atoms with Crippen LogP contribution in [0.5, 0.6) is 5.75 Å². The van der Waals surface area contributed by atoms with Crippen molar-refractivity contribution in [2.75, 3.05) is 0 Å². The number of hydrogen-bond acceptors (Lipinski definition) is 2. The lowest BCUT2D eigenvalue weighted by Crippen LogP contribution is -2.19. The van der Waals surface area contributed by atoms with Gasteiger partial charge in [-0.1, -0.05) is 30.7 Å². The molecule has 0 spiro atoms. The normalized spacial score (nSPS) is 16.9. The van der Waals surface area contributed by atoms with E-state index in [9.17, 15) is 0 Å². The van der Waals surface area contributed by atoms with Gasteiger partial charge in [0.05, 0.1) is 6.10 Å². The molecule has 0 saturated heterocycles. The third-order valence-electron chi connectivity index (χ3n) is 3.71. The molecule has 3 rings (SSSR count). The number of hydrogen-bond donors (Lipinski definition) is 1. The molecule has 0 unspecified atom stereocenters. The number of thiol groups is 1. The monoisotopic (exact) mass is 258 g/mol. The highest BCUT2D eigenvalue weighted by Crippen LogP contribution is 2.32. The Morgan fingerprint density at radius 2 is 1.61 bits per heavy atom. The first-order valence-corrected chi connectivity index (χ1v) is 7.17. The molecule has 2 aromatic carbocycles. The van der Waals surface area contributed by atoms with Crippen LogP contribution in [-0.4, -0.2) is 6.10 Å². The molecule has 0 aliphatic heterocycles. The molecule has 0 atom stereocenters. The summed E-state index contributed by atoms with van der Waals surface area (Å²) >= 11 is 4.51. The number of rotatable bonds is 2. The van der Waals surface area contributed by atoms with Crippen molar-refractivity contribution in [2.45, 2.75) is 43.1 Å². The average molecular weight is 258 g/mol. The third-order valence-corrected chi connectivity index (χ3v) is 4.10. The fourth-order valence-corrected chi connectivity index (χ4v) is 2.99. The van der Waals surface area contributed by atoms with Crippen LogP contribution in [0.2, 0.25) is 0 Å². The van der Waals surface area contributed by atoms with Crippen molar-refractivity contribution < 1.29 is 4.74 Å². The Kier molecular flexibility index (Phi) is 3.46. The van der Waals surface area contributed by atoms with E-state index >= 15 is 0 Å². The largest absolute Gasteiger partial charge is 0.490 e. The summed E-state index contributed by atoms with van der Waals surface area (Å²) in [6.45, 7) is 0. The average Bonchev–Trinajstić information content (AvgIpc) is 2.44. The predicted molar refractivity (Wildman–Crippen MR) is 78.7 cm³/mol. The molecule has 2 heteroatoms. The van der Waals surface area contributed by atoms with E-state index in [2.05, 4.69) is 36.9 Å². The van der Waals surface area contributed by atoms with Gasteiger partial charge < -0.3 is 4.74 Å². The molecule has 0 aromatic heterocycles. The predicted octanol–water partition coefficient (Wildman–Crippen LogP) is 4.84. The molecular weight excluding hydrogens is 240 g/mol. The van der Waals surface area contributed by atoms with Gasteiger partial charge in [-0.15, -0.1) is 12.6 Å². The first-order valence-electron chi connectivity index (χ1n) is 6.72. The zero-order valence-electron chi connectivity index (χ0n) is 10.4. The second-order valence-electron chi connectivity index (χ2n) is 5.01. The second-order valence-corrected chi connectivity index (χ2v) is 5.49. The van der Waals surface area contributed by atoms with Crippen molar-refractivity contribution >= 4 is 23.4 Å². The zero-order chi connectivity index (χ0) is 12.4. The molecule has 94 valence electrons. The maximum atomic E-state index is 6.19. The molecule has 0 bridgehead atoms. The molecule has 18 heavy (non-hydrogen) atoms. The van der Waals surface area contributed by atoms with Crippen LogP contribution in [0.4, 0.5) is 0 Å². The van der Waals surface area contributed by atoms with Crippen molar-refractivity contribution in [3.63, 3.8) is 0 Å². The van der Waals surface area contributed by atoms with Crippen molar-refractivity contribution in [1.82, 2.24) is 0 Å². The molecule has 0 amide bonds.